The summed E-state index contributed by atoms with van der Waals surface area (Å²) in [6, 6.07) is 18.7. The van der Waals surface area contributed by atoms with Gasteiger partial charge in [0.05, 0.1) is 0 Å². The number of ether oxygens (including phenoxy) is 2. The number of esters is 2. The van der Waals surface area contributed by atoms with Crippen molar-refractivity contribution in [3.8, 4) is 0 Å². The molecule has 0 saturated heterocycles. The Kier molecular flexibility index (Phi) is 5.43. The van der Waals surface area contributed by atoms with Crippen molar-refractivity contribution in [2.45, 2.75) is 20.1 Å². The lowest BCUT2D eigenvalue weighted by molar-refractivity contribution is 0.0460. The predicted octanol–water partition coefficient (Wildman–Crippen LogP) is 3.43. The Labute approximate surface area is 150 Å². The molecule has 0 atom stereocenters. The molecule has 132 valence electrons. The van der Waals surface area contributed by atoms with Gasteiger partial charge < -0.3 is 9.47 Å². The zero-order chi connectivity index (χ0) is 18.4. The summed E-state index contributed by atoms with van der Waals surface area (Å²) in [5.41, 5.74) is 2.37. The predicted molar refractivity (Wildman–Crippen MR) is 94.4 cm³/mol. The van der Waals surface area contributed by atoms with Crippen LogP contribution >= 0.6 is 0 Å². The third-order valence-corrected chi connectivity index (χ3v) is 3.83. The largest absolute Gasteiger partial charge is 0.456 e. The number of aromatic nitrogens is 2. The zero-order valence-corrected chi connectivity index (χ0v) is 14.3. The van der Waals surface area contributed by atoms with Crippen molar-refractivity contribution in [1.29, 1.82) is 0 Å². The molecule has 1 aromatic heterocycles. The summed E-state index contributed by atoms with van der Waals surface area (Å²) in [7, 11) is 0. The van der Waals surface area contributed by atoms with Gasteiger partial charge in [0.25, 0.3) is 0 Å². The van der Waals surface area contributed by atoms with Gasteiger partial charge in [0.15, 0.2) is 5.69 Å². The topological polar surface area (TPSA) is 81.3 Å². The molecule has 0 saturated carbocycles. The fourth-order valence-corrected chi connectivity index (χ4v) is 2.38. The van der Waals surface area contributed by atoms with Gasteiger partial charge in [-0.15, -0.1) is 0 Å². The molecule has 0 amide bonds. The first kappa shape index (κ1) is 17.4. The maximum absolute atomic E-state index is 12.2. The van der Waals surface area contributed by atoms with Gasteiger partial charge in [-0.05, 0) is 18.1 Å². The summed E-state index contributed by atoms with van der Waals surface area (Å²) in [6.45, 7) is 1.91. The van der Waals surface area contributed by atoms with Gasteiger partial charge in [0, 0.05) is 5.56 Å². The third kappa shape index (κ3) is 4.16. The number of hydrogen-bond donors (Lipinski definition) is 1. The number of aromatic amines is 1. The molecule has 2 aromatic carbocycles. The van der Waals surface area contributed by atoms with Gasteiger partial charge >= 0.3 is 11.9 Å². The second kappa shape index (κ2) is 8.11. The highest BCUT2D eigenvalue weighted by Gasteiger charge is 2.22. The average Bonchev–Trinajstić information content (AvgIpc) is 3.07. The highest BCUT2D eigenvalue weighted by atomic mass is 16.5. The van der Waals surface area contributed by atoms with E-state index in [1.54, 1.807) is 6.92 Å². The zero-order valence-electron chi connectivity index (χ0n) is 14.3. The minimum Gasteiger partial charge on any atom is -0.456 e. The molecule has 0 aliphatic carbocycles. The van der Waals surface area contributed by atoms with E-state index in [1.165, 1.54) is 0 Å². The Bertz CT molecular complexity index is 816. The lowest BCUT2D eigenvalue weighted by atomic mass is 10.2. The highest BCUT2D eigenvalue weighted by molar-refractivity contribution is 5.95. The van der Waals surface area contributed by atoms with E-state index in [-0.39, 0.29) is 24.6 Å². The van der Waals surface area contributed by atoms with Gasteiger partial charge in [-0.3, -0.25) is 5.10 Å². The van der Waals surface area contributed by atoms with Crippen LogP contribution in [0.1, 0.15) is 37.7 Å². The summed E-state index contributed by atoms with van der Waals surface area (Å²) >= 11 is 0. The Morgan fingerprint density at radius 1 is 0.846 bits per heavy atom. The van der Waals surface area contributed by atoms with Crippen LogP contribution in [0.4, 0.5) is 0 Å². The quantitative estimate of drug-likeness (QED) is 0.689. The SMILES string of the molecule is Cc1c(C(=O)OCc2ccccc2)n[nH]c1C(=O)OCc1ccccc1. The van der Waals surface area contributed by atoms with Crippen LogP contribution in [0.25, 0.3) is 0 Å². The molecule has 0 aliphatic heterocycles. The maximum Gasteiger partial charge on any atom is 0.359 e. The molecule has 1 heterocycles. The molecule has 0 spiro atoms. The molecule has 0 fully saturated rings. The van der Waals surface area contributed by atoms with E-state index >= 15 is 0 Å². The number of nitrogens with zero attached hydrogens (tertiary/aromatic N) is 1. The molecular weight excluding hydrogens is 332 g/mol. The lowest BCUT2D eigenvalue weighted by Gasteiger charge is -2.05. The van der Waals surface area contributed by atoms with E-state index in [1.807, 2.05) is 60.7 Å². The monoisotopic (exact) mass is 350 g/mol. The van der Waals surface area contributed by atoms with E-state index in [0.717, 1.165) is 11.1 Å². The highest BCUT2D eigenvalue weighted by Crippen LogP contribution is 2.14. The van der Waals surface area contributed by atoms with E-state index in [2.05, 4.69) is 10.2 Å². The van der Waals surface area contributed by atoms with E-state index in [4.69, 9.17) is 9.47 Å². The van der Waals surface area contributed by atoms with Crippen LogP contribution in [0.3, 0.4) is 0 Å². The standard InChI is InChI=1S/C20H18N2O4/c1-14-17(19(23)25-12-15-8-4-2-5-9-15)21-22-18(14)20(24)26-13-16-10-6-3-7-11-16/h2-11H,12-13H2,1H3,(H,21,22). The molecule has 0 bridgehead atoms. The molecule has 6 heteroatoms. The molecule has 3 aromatic rings. The van der Waals surface area contributed by atoms with Gasteiger partial charge in [0.1, 0.15) is 18.9 Å². The summed E-state index contributed by atoms with van der Waals surface area (Å²) in [4.78, 5) is 24.4. The number of carbonyl (C=O) groups is 2. The van der Waals surface area contributed by atoms with Crippen molar-refractivity contribution in [2.75, 3.05) is 0 Å². The molecule has 1 N–H and O–H groups in total. The molecule has 6 nitrogen and oxygen atoms in total. The number of hydrogen-bond acceptors (Lipinski definition) is 5. The molecule has 0 radical (unpaired) electrons. The minimum atomic E-state index is -0.593. The summed E-state index contributed by atoms with van der Waals surface area (Å²) in [6.07, 6.45) is 0. The van der Waals surface area contributed by atoms with Crippen molar-refractivity contribution in [3.05, 3.63) is 88.7 Å². The summed E-state index contributed by atoms with van der Waals surface area (Å²) in [5, 5.41) is 6.47. The fourth-order valence-electron chi connectivity index (χ4n) is 2.38. The first-order valence-electron chi connectivity index (χ1n) is 8.12. The van der Waals surface area contributed by atoms with Crippen molar-refractivity contribution in [3.63, 3.8) is 0 Å². The Morgan fingerprint density at radius 2 is 1.35 bits per heavy atom. The number of nitrogens with one attached hydrogen (secondary N) is 1. The normalized spacial score (nSPS) is 10.3. The lowest BCUT2D eigenvalue weighted by Crippen LogP contribution is -2.09. The molecule has 0 aliphatic rings. The van der Waals surface area contributed by atoms with Crippen LogP contribution in [-0.2, 0) is 22.7 Å². The van der Waals surface area contributed by atoms with Crippen molar-refractivity contribution in [1.82, 2.24) is 10.2 Å². The Balaban J connectivity index is 1.61. The molecule has 26 heavy (non-hydrogen) atoms. The summed E-state index contributed by atoms with van der Waals surface area (Å²) < 4.78 is 10.5. The second-order valence-corrected chi connectivity index (χ2v) is 5.70. The van der Waals surface area contributed by atoms with Gasteiger partial charge in [0.2, 0.25) is 0 Å². The number of H-pyrrole nitrogens is 1. The summed E-state index contributed by atoms with van der Waals surface area (Å²) in [5.74, 6) is -1.16. The third-order valence-electron chi connectivity index (χ3n) is 3.83. The Morgan fingerprint density at radius 3 is 1.88 bits per heavy atom. The molecule has 3 rings (SSSR count). The van der Waals surface area contributed by atoms with Crippen LogP contribution in [0, 0.1) is 6.92 Å². The average molecular weight is 350 g/mol. The van der Waals surface area contributed by atoms with E-state index in [0.29, 0.717) is 5.56 Å². The van der Waals surface area contributed by atoms with Crippen LogP contribution < -0.4 is 0 Å². The number of benzene rings is 2. The maximum atomic E-state index is 12.2. The van der Waals surface area contributed by atoms with Crippen LogP contribution in [0.5, 0.6) is 0 Å². The van der Waals surface area contributed by atoms with Crippen LogP contribution in [-0.4, -0.2) is 22.1 Å². The van der Waals surface area contributed by atoms with Gasteiger partial charge in [-0.2, -0.15) is 5.10 Å². The molecular formula is C20H18N2O4. The van der Waals surface area contributed by atoms with Crippen molar-refractivity contribution >= 4 is 11.9 Å². The number of carbonyl (C=O) groups excluding carboxylic acids is 2. The molecule has 0 unspecified atom stereocenters. The van der Waals surface area contributed by atoms with Gasteiger partial charge in [-0.25, -0.2) is 9.59 Å². The second-order valence-electron chi connectivity index (χ2n) is 5.70. The first-order valence-corrected chi connectivity index (χ1v) is 8.12. The van der Waals surface area contributed by atoms with Crippen molar-refractivity contribution in [2.24, 2.45) is 0 Å². The minimum absolute atomic E-state index is 0.0765. The number of rotatable bonds is 6. The first-order chi connectivity index (χ1) is 12.6. The van der Waals surface area contributed by atoms with E-state index < -0.39 is 11.9 Å². The fraction of sp³-hybridized carbons (Fsp3) is 0.150. The van der Waals surface area contributed by atoms with Gasteiger partial charge in [-0.1, -0.05) is 60.7 Å². The van der Waals surface area contributed by atoms with Crippen LogP contribution in [0.2, 0.25) is 0 Å². The smallest absolute Gasteiger partial charge is 0.359 e. The van der Waals surface area contributed by atoms with E-state index in [9.17, 15) is 9.59 Å². The Hall–Kier alpha value is -3.41. The van der Waals surface area contributed by atoms with Crippen molar-refractivity contribution < 1.29 is 19.1 Å². The van der Waals surface area contributed by atoms with Crippen LogP contribution in [0.15, 0.2) is 60.7 Å².